The lowest BCUT2D eigenvalue weighted by Crippen LogP contribution is -2.28. The second-order valence-electron chi connectivity index (χ2n) is 3.60. The van der Waals surface area contributed by atoms with Gasteiger partial charge in [-0.05, 0) is 5.56 Å². The molecule has 2 N–H and O–H groups in total. The van der Waals surface area contributed by atoms with Gasteiger partial charge >= 0.3 is 11.9 Å². The third-order valence-electron chi connectivity index (χ3n) is 2.21. The molecule has 17 heavy (non-hydrogen) atoms. The summed E-state index contributed by atoms with van der Waals surface area (Å²) in [5, 5.41) is 18.6. The number of hydrogen-bond acceptors (Lipinski definition) is 4. The maximum atomic E-state index is 10.8. The van der Waals surface area contributed by atoms with Gasteiger partial charge in [0.2, 0.25) is 6.10 Å². The van der Waals surface area contributed by atoms with Gasteiger partial charge in [-0.2, -0.15) is 0 Å². The van der Waals surface area contributed by atoms with Crippen LogP contribution in [0, 0.1) is 0 Å². The SMILES string of the molecule is CC(=O)O[C@H](CC(O)c1ccccc1)C(=O)O. The molecular formula is C12H14O5. The number of esters is 1. The summed E-state index contributed by atoms with van der Waals surface area (Å²) in [7, 11) is 0. The third-order valence-corrected chi connectivity index (χ3v) is 2.21. The molecule has 0 fully saturated rings. The number of carboxylic acids is 1. The fraction of sp³-hybridized carbons (Fsp3) is 0.333. The largest absolute Gasteiger partial charge is 0.479 e. The van der Waals surface area contributed by atoms with E-state index in [0.717, 1.165) is 6.92 Å². The Hall–Kier alpha value is -1.88. The summed E-state index contributed by atoms with van der Waals surface area (Å²) in [6.45, 7) is 1.13. The molecule has 1 aromatic carbocycles. The van der Waals surface area contributed by atoms with Crippen LogP contribution in [0.3, 0.4) is 0 Å². The van der Waals surface area contributed by atoms with Crippen LogP contribution in [0.15, 0.2) is 30.3 Å². The van der Waals surface area contributed by atoms with Crippen LogP contribution in [0.1, 0.15) is 25.0 Å². The molecule has 1 unspecified atom stereocenters. The predicted octanol–water partition coefficient (Wildman–Crippen LogP) is 1.13. The van der Waals surface area contributed by atoms with E-state index in [0.29, 0.717) is 5.56 Å². The van der Waals surface area contributed by atoms with Gasteiger partial charge in [-0.15, -0.1) is 0 Å². The highest BCUT2D eigenvalue weighted by atomic mass is 16.6. The van der Waals surface area contributed by atoms with Gasteiger partial charge in [0.15, 0.2) is 0 Å². The molecule has 0 aliphatic rings. The van der Waals surface area contributed by atoms with Crippen molar-refractivity contribution in [3.63, 3.8) is 0 Å². The van der Waals surface area contributed by atoms with Crippen LogP contribution in [0.25, 0.3) is 0 Å². The third kappa shape index (κ3) is 4.24. The van der Waals surface area contributed by atoms with Gasteiger partial charge < -0.3 is 14.9 Å². The molecule has 0 amide bonds. The van der Waals surface area contributed by atoms with E-state index in [1.54, 1.807) is 30.3 Å². The minimum Gasteiger partial charge on any atom is -0.479 e. The van der Waals surface area contributed by atoms with Crippen LogP contribution < -0.4 is 0 Å². The highest BCUT2D eigenvalue weighted by Crippen LogP contribution is 2.19. The van der Waals surface area contributed by atoms with Crippen molar-refractivity contribution in [2.75, 3.05) is 0 Å². The zero-order chi connectivity index (χ0) is 12.8. The quantitative estimate of drug-likeness (QED) is 0.751. The Balaban J connectivity index is 2.67. The van der Waals surface area contributed by atoms with Crippen molar-refractivity contribution in [3.8, 4) is 0 Å². The number of carboxylic acid groups (broad SMARTS) is 1. The standard InChI is InChI=1S/C12H14O5/c1-8(13)17-11(12(15)16)7-10(14)9-5-3-2-4-6-9/h2-6,10-11,14H,7H2,1H3,(H,15,16)/t10?,11-/m1/s1. The van der Waals surface area contributed by atoms with Gasteiger partial charge in [-0.25, -0.2) is 4.79 Å². The normalized spacial score (nSPS) is 13.8. The van der Waals surface area contributed by atoms with Gasteiger partial charge in [0.25, 0.3) is 0 Å². The maximum absolute atomic E-state index is 10.8. The van der Waals surface area contributed by atoms with Gasteiger partial charge in [0, 0.05) is 13.3 Å². The smallest absolute Gasteiger partial charge is 0.345 e. The molecule has 2 atom stereocenters. The summed E-state index contributed by atoms with van der Waals surface area (Å²) in [6.07, 6.45) is -2.47. The van der Waals surface area contributed by atoms with Gasteiger partial charge in [0.05, 0.1) is 6.10 Å². The Kier molecular flexibility index (Phi) is 4.66. The Bertz CT molecular complexity index is 387. The van der Waals surface area contributed by atoms with E-state index in [1.807, 2.05) is 0 Å². The van der Waals surface area contributed by atoms with Gasteiger partial charge in [-0.1, -0.05) is 30.3 Å². The molecule has 5 heteroatoms. The van der Waals surface area contributed by atoms with Crippen molar-refractivity contribution in [2.45, 2.75) is 25.6 Å². The first-order valence-electron chi connectivity index (χ1n) is 5.13. The molecule has 0 heterocycles. The number of hydrogen-bond donors (Lipinski definition) is 2. The van der Waals surface area contributed by atoms with Crippen LogP contribution in [-0.2, 0) is 14.3 Å². The minimum atomic E-state index is -1.33. The number of carbonyl (C=O) groups excluding carboxylic acids is 1. The van der Waals surface area contributed by atoms with E-state index >= 15 is 0 Å². The first kappa shape index (κ1) is 13.2. The first-order valence-corrected chi connectivity index (χ1v) is 5.13. The Morgan fingerprint density at radius 3 is 2.35 bits per heavy atom. The van der Waals surface area contributed by atoms with Crippen molar-refractivity contribution >= 4 is 11.9 Å². The fourth-order valence-electron chi connectivity index (χ4n) is 1.41. The van der Waals surface area contributed by atoms with E-state index in [-0.39, 0.29) is 6.42 Å². The predicted molar refractivity (Wildman–Crippen MR) is 59.2 cm³/mol. The average Bonchev–Trinajstić information content (AvgIpc) is 2.28. The molecule has 0 saturated heterocycles. The number of ether oxygens (including phenoxy) is 1. The van der Waals surface area contributed by atoms with Gasteiger partial charge in [-0.3, -0.25) is 4.79 Å². The zero-order valence-corrected chi connectivity index (χ0v) is 9.37. The lowest BCUT2D eigenvalue weighted by molar-refractivity contribution is -0.164. The summed E-state index contributed by atoms with van der Waals surface area (Å²) in [5.41, 5.74) is 0.589. The number of aliphatic hydroxyl groups is 1. The Morgan fingerprint density at radius 1 is 1.29 bits per heavy atom. The molecule has 0 aliphatic heterocycles. The number of benzene rings is 1. The lowest BCUT2D eigenvalue weighted by Gasteiger charge is -2.16. The van der Waals surface area contributed by atoms with Crippen molar-refractivity contribution in [1.29, 1.82) is 0 Å². The van der Waals surface area contributed by atoms with E-state index in [9.17, 15) is 14.7 Å². The lowest BCUT2D eigenvalue weighted by atomic mass is 10.0. The van der Waals surface area contributed by atoms with Crippen molar-refractivity contribution in [3.05, 3.63) is 35.9 Å². The molecule has 0 bridgehead atoms. The minimum absolute atomic E-state index is 0.168. The fourth-order valence-corrected chi connectivity index (χ4v) is 1.41. The van der Waals surface area contributed by atoms with E-state index < -0.39 is 24.1 Å². The Morgan fingerprint density at radius 2 is 1.88 bits per heavy atom. The molecule has 0 radical (unpaired) electrons. The summed E-state index contributed by atoms with van der Waals surface area (Å²) < 4.78 is 4.61. The second kappa shape index (κ2) is 6.00. The first-order chi connectivity index (χ1) is 8.00. The van der Waals surface area contributed by atoms with Gasteiger partial charge in [0.1, 0.15) is 0 Å². The summed E-state index contributed by atoms with van der Waals surface area (Å²) in [4.78, 5) is 21.5. The number of aliphatic carboxylic acids is 1. The van der Waals surface area contributed by atoms with E-state index in [1.165, 1.54) is 0 Å². The average molecular weight is 238 g/mol. The molecule has 1 rings (SSSR count). The van der Waals surface area contributed by atoms with Crippen molar-refractivity contribution in [2.24, 2.45) is 0 Å². The molecule has 5 nitrogen and oxygen atoms in total. The summed E-state index contributed by atoms with van der Waals surface area (Å²) in [5.74, 6) is -1.95. The molecular weight excluding hydrogens is 224 g/mol. The zero-order valence-electron chi connectivity index (χ0n) is 9.37. The van der Waals surface area contributed by atoms with Crippen LogP contribution in [-0.4, -0.2) is 28.3 Å². The molecule has 92 valence electrons. The van der Waals surface area contributed by atoms with E-state index in [2.05, 4.69) is 4.74 Å². The monoisotopic (exact) mass is 238 g/mol. The molecule has 0 aliphatic carbocycles. The van der Waals surface area contributed by atoms with Crippen LogP contribution in [0.4, 0.5) is 0 Å². The topological polar surface area (TPSA) is 83.8 Å². The molecule has 0 aromatic heterocycles. The number of aliphatic hydroxyl groups excluding tert-OH is 1. The second-order valence-corrected chi connectivity index (χ2v) is 3.60. The molecule has 1 aromatic rings. The molecule has 0 saturated carbocycles. The Labute approximate surface area is 98.6 Å². The highest BCUT2D eigenvalue weighted by Gasteiger charge is 2.24. The maximum Gasteiger partial charge on any atom is 0.345 e. The highest BCUT2D eigenvalue weighted by molar-refractivity contribution is 5.76. The number of carbonyl (C=O) groups is 2. The van der Waals surface area contributed by atoms with Crippen molar-refractivity contribution in [1.82, 2.24) is 0 Å². The number of rotatable bonds is 5. The van der Waals surface area contributed by atoms with E-state index in [4.69, 9.17) is 5.11 Å². The van der Waals surface area contributed by atoms with Crippen LogP contribution >= 0.6 is 0 Å². The summed E-state index contributed by atoms with van der Waals surface area (Å²) in [6, 6.07) is 8.62. The van der Waals surface area contributed by atoms with Crippen molar-refractivity contribution < 1.29 is 24.5 Å². The summed E-state index contributed by atoms with van der Waals surface area (Å²) >= 11 is 0. The molecule has 0 spiro atoms. The van der Waals surface area contributed by atoms with Crippen LogP contribution in [0.5, 0.6) is 0 Å². The van der Waals surface area contributed by atoms with Crippen LogP contribution in [0.2, 0.25) is 0 Å².